The molecule has 0 saturated carbocycles. The van der Waals surface area contributed by atoms with Crippen LogP contribution in [-0.2, 0) is 11.3 Å². The molecule has 1 aliphatic rings. The number of hydrogen-bond donors (Lipinski definition) is 0. The van der Waals surface area contributed by atoms with E-state index in [9.17, 15) is 9.18 Å². The van der Waals surface area contributed by atoms with Gasteiger partial charge in [0.15, 0.2) is 0 Å². The Morgan fingerprint density at radius 3 is 2.46 bits per heavy atom. The summed E-state index contributed by atoms with van der Waals surface area (Å²) in [6.07, 6.45) is 3.34. The fraction of sp³-hybridized carbons (Fsp3) is 0.318. The summed E-state index contributed by atoms with van der Waals surface area (Å²) in [7, 11) is 0. The molecule has 0 bridgehead atoms. The van der Waals surface area contributed by atoms with Crippen LogP contribution in [0, 0.1) is 5.82 Å². The Kier molecular flexibility index (Phi) is 6.76. The van der Waals surface area contributed by atoms with Crippen LogP contribution in [0.3, 0.4) is 0 Å². The molecule has 0 spiro atoms. The smallest absolute Gasteiger partial charge is 0.246 e. The molecule has 1 saturated heterocycles. The molecule has 2 atom stereocenters. The van der Waals surface area contributed by atoms with E-state index in [4.69, 9.17) is 23.2 Å². The third kappa shape index (κ3) is 5.13. The third-order valence-electron chi connectivity index (χ3n) is 5.06. The summed E-state index contributed by atoms with van der Waals surface area (Å²) in [6, 6.07) is 12.2. The minimum absolute atomic E-state index is 0.0214. The highest BCUT2D eigenvalue weighted by Crippen LogP contribution is 2.23. The van der Waals surface area contributed by atoms with Crippen molar-refractivity contribution in [2.24, 2.45) is 0 Å². The first kappa shape index (κ1) is 20.8. The molecule has 0 aromatic heterocycles. The Bertz CT molecular complexity index is 869. The summed E-state index contributed by atoms with van der Waals surface area (Å²) < 4.78 is 13.1. The van der Waals surface area contributed by atoms with Crippen LogP contribution in [-0.4, -0.2) is 40.9 Å². The quantitative estimate of drug-likeness (QED) is 0.629. The first-order valence-corrected chi connectivity index (χ1v) is 10.0. The zero-order valence-corrected chi connectivity index (χ0v) is 17.4. The van der Waals surface area contributed by atoms with Crippen LogP contribution >= 0.6 is 23.2 Å². The topological polar surface area (TPSA) is 23.6 Å². The number of nitrogens with zero attached hydrogens (tertiary/aromatic N) is 2. The van der Waals surface area contributed by atoms with Gasteiger partial charge in [0.25, 0.3) is 0 Å². The van der Waals surface area contributed by atoms with Crippen LogP contribution in [0.2, 0.25) is 10.0 Å². The maximum absolute atomic E-state index is 13.1. The van der Waals surface area contributed by atoms with Crippen LogP contribution in [0.25, 0.3) is 6.08 Å². The average Bonchev–Trinajstić information content (AvgIpc) is 2.67. The molecule has 3 nitrogen and oxygen atoms in total. The second-order valence-corrected chi connectivity index (χ2v) is 8.07. The van der Waals surface area contributed by atoms with E-state index in [1.165, 1.54) is 12.1 Å². The Morgan fingerprint density at radius 1 is 1.07 bits per heavy atom. The lowest BCUT2D eigenvalue weighted by Gasteiger charge is -2.44. The van der Waals surface area contributed by atoms with Gasteiger partial charge in [-0.2, -0.15) is 0 Å². The van der Waals surface area contributed by atoms with E-state index in [2.05, 4.69) is 18.7 Å². The summed E-state index contributed by atoms with van der Waals surface area (Å²) in [5.74, 6) is -0.249. The number of amides is 1. The number of halogens is 3. The number of benzene rings is 2. The van der Waals surface area contributed by atoms with Gasteiger partial charge < -0.3 is 4.90 Å². The van der Waals surface area contributed by atoms with Gasteiger partial charge in [0, 0.05) is 37.8 Å². The minimum Gasteiger partial charge on any atom is -0.334 e. The van der Waals surface area contributed by atoms with Gasteiger partial charge in [-0.3, -0.25) is 9.69 Å². The van der Waals surface area contributed by atoms with E-state index in [1.54, 1.807) is 24.3 Å². The molecule has 2 aromatic carbocycles. The van der Waals surface area contributed by atoms with Crippen LogP contribution in [0.5, 0.6) is 0 Å². The van der Waals surface area contributed by atoms with Gasteiger partial charge in [0.05, 0.1) is 10.0 Å². The van der Waals surface area contributed by atoms with Gasteiger partial charge in [0.1, 0.15) is 5.82 Å². The Hall–Kier alpha value is -1.88. The van der Waals surface area contributed by atoms with E-state index in [-0.39, 0.29) is 23.8 Å². The molecule has 148 valence electrons. The van der Waals surface area contributed by atoms with E-state index in [0.29, 0.717) is 16.6 Å². The van der Waals surface area contributed by atoms with Gasteiger partial charge in [-0.15, -0.1) is 0 Å². The normalized spacial score (nSPS) is 20.7. The monoisotopic (exact) mass is 420 g/mol. The summed E-state index contributed by atoms with van der Waals surface area (Å²) in [5, 5.41) is 0.956. The molecule has 28 heavy (non-hydrogen) atoms. The number of carbonyl (C=O) groups excluding carboxylic acids is 1. The molecule has 1 fully saturated rings. The zero-order valence-electron chi connectivity index (χ0n) is 15.9. The SMILES string of the molecule is C[C@@H]1CN(C(=O)/C=C/c2ccc(Cl)c(Cl)c2)[C@@H](C)CN1Cc1ccc(F)cc1. The summed E-state index contributed by atoms with van der Waals surface area (Å²) in [6.45, 7) is 6.32. The highest BCUT2D eigenvalue weighted by Gasteiger charge is 2.30. The van der Waals surface area contributed by atoms with Crippen molar-refractivity contribution in [3.63, 3.8) is 0 Å². The fourth-order valence-corrected chi connectivity index (χ4v) is 3.74. The van der Waals surface area contributed by atoms with Gasteiger partial charge in [-0.05, 0) is 55.3 Å². The number of rotatable bonds is 4. The van der Waals surface area contributed by atoms with Crippen molar-refractivity contribution < 1.29 is 9.18 Å². The van der Waals surface area contributed by atoms with Gasteiger partial charge in [-0.25, -0.2) is 4.39 Å². The molecule has 0 N–H and O–H groups in total. The molecule has 1 aliphatic heterocycles. The first-order valence-electron chi connectivity index (χ1n) is 9.25. The van der Waals surface area contributed by atoms with Gasteiger partial charge in [-0.1, -0.05) is 41.4 Å². The Labute approximate surface area is 175 Å². The van der Waals surface area contributed by atoms with Crippen LogP contribution in [0.15, 0.2) is 48.5 Å². The molecule has 0 radical (unpaired) electrons. The highest BCUT2D eigenvalue weighted by molar-refractivity contribution is 6.42. The molecule has 1 heterocycles. The average molecular weight is 421 g/mol. The fourth-order valence-electron chi connectivity index (χ4n) is 3.43. The summed E-state index contributed by atoms with van der Waals surface area (Å²) in [4.78, 5) is 16.9. The molecule has 1 amide bonds. The standard InChI is InChI=1S/C22H23Cl2FN2O/c1-15-13-27(22(28)10-6-17-5-9-20(23)21(24)11-17)16(2)12-26(15)14-18-3-7-19(25)8-4-18/h3-11,15-16H,12-14H2,1-2H3/b10-6+/t15-,16+/m1/s1. The van der Waals surface area contributed by atoms with Crippen LogP contribution < -0.4 is 0 Å². The Morgan fingerprint density at radius 2 is 1.79 bits per heavy atom. The third-order valence-corrected chi connectivity index (χ3v) is 5.80. The molecular formula is C22H23Cl2FN2O. The van der Waals surface area contributed by atoms with Crippen molar-refractivity contribution in [3.05, 3.63) is 75.5 Å². The number of piperazine rings is 1. The molecule has 2 aromatic rings. The van der Waals surface area contributed by atoms with Crippen molar-refractivity contribution in [1.82, 2.24) is 9.80 Å². The van der Waals surface area contributed by atoms with Crippen molar-refractivity contribution in [2.75, 3.05) is 13.1 Å². The highest BCUT2D eigenvalue weighted by atomic mass is 35.5. The van der Waals surface area contributed by atoms with Crippen molar-refractivity contribution in [1.29, 1.82) is 0 Å². The lowest BCUT2D eigenvalue weighted by molar-refractivity contribution is -0.131. The lowest BCUT2D eigenvalue weighted by Crippen LogP contribution is -2.57. The minimum atomic E-state index is -0.227. The second-order valence-electron chi connectivity index (χ2n) is 7.25. The maximum atomic E-state index is 13.1. The lowest BCUT2D eigenvalue weighted by atomic mass is 10.1. The van der Waals surface area contributed by atoms with E-state index in [1.807, 2.05) is 23.1 Å². The number of hydrogen-bond acceptors (Lipinski definition) is 2. The Balaban J connectivity index is 1.62. The van der Waals surface area contributed by atoms with Crippen LogP contribution in [0.4, 0.5) is 4.39 Å². The second kappa shape index (κ2) is 9.08. The van der Waals surface area contributed by atoms with E-state index >= 15 is 0 Å². The molecule has 0 unspecified atom stereocenters. The molecule has 0 aliphatic carbocycles. The molecule has 6 heteroatoms. The van der Waals surface area contributed by atoms with Crippen molar-refractivity contribution in [3.8, 4) is 0 Å². The summed E-state index contributed by atoms with van der Waals surface area (Å²) >= 11 is 11.9. The molecule has 3 rings (SSSR count). The van der Waals surface area contributed by atoms with Gasteiger partial charge in [0.2, 0.25) is 5.91 Å². The largest absolute Gasteiger partial charge is 0.334 e. The molecular weight excluding hydrogens is 398 g/mol. The number of carbonyl (C=O) groups is 1. The van der Waals surface area contributed by atoms with Crippen molar-refractivity contribution >= 4 is 35.2 Å². The maximum Gasteiger partial charge on any atom is 0.246 e. The first-order chi connectivity index (χ1) is 13.3. The van der Waals surface area contributed by atoms with Crippen molar-refractivity contribution in [2.45, 2.75) is 32.5 Å². The van der Waals surface area contributed by atoms with E-state index in [0.717, 1.165) is 24.2 Å². The van der Waals surface area contributed by atoms with Crippen LogP contribution in [0.1, 0.15) is 25.0 Å². The zero-order chi connectivity index (χ0) is 20.3. The predicted molar refractivity (Wildman–Crippen MR) is 113 cm³/mol. The van der Waals surface area contributed by atoms with E-state index < -0.39 is 0 Å². The predicted octanol–water partition coefficient (Wildman–Crippen LogP) is 5.27. The summed E-state index contributed by atoms with van der Waals surface area (Å²) in [5.41, 5.74) is 1.90. The van der Waals surface area contributed by atoms with Gasteiger partial charge >= 0.3 is 0 Å².